The van der Waals surface area contributed by atoms with E-state index in [1.165, 1.54) is 26.4 Å². The van der Waals surface area contributed by atoms with Crippen LogP contribution in [-0.4, -0.2) is 180 Å². The molecule has 5 aromatic rings. The number of methoxy groups -OCH3 is 2. The van der Waals surface area contributed by atoms with Crippen LogP contribution < -0.4 is 30.7 Å². The first-order valence-electron chi connectivity index (χ1n) is 38.9. The number of nitrogens with one attached hydrogen (secondary N) is 4. The predicted molar refractivity (Wildman–Crippen MR) is 430 cm³/mol. The molecule has 4 aliphatic heterocycles. The fourth-order valence-electron chi connectivity index (χ4n) is 13.3. The Labute approximate surface area is 683 Å². The number of carbonyl (C=O) groups excluding carboxylic acids is 8. The van der Waals surface area contributed by atoms with Crippen LogP contribution in [0.15, 0.2) is 115 Å². The largest absolute Gasteiger partial charge is 0.495 e. The van der Waals surface area contributed by atoms with E-state index in [1.807, 2.05) is 115 Å². The maximum Gasteiger partial charge on any atom is 0.347 e. The maximum atomic E-state index is 13.8. The van der Waals surface area contributed by atoms with Gasteiger partial charge in [0.15, 0.2) is 12.2 Å². The third kappa shape index (κ3) is 27.8. The van der Waals surface area contributed by atoms with Crippen LogP contribution in [-0.2, 0) is 111 Å². The Hall–Kier alpha value is -9.69. The van der Waals surface area contributed by atoms with Crippen molar-refractivity contribution in [3.63, 3.8) is 0 Å². The van der Waals surface area contributed by atoms with Gasteiger partial charge in [-0.2, -0.15) is 0 Å². The van der Waals surface area contributed by atoms with Gasteiger partial charge in [-0.25, -0.2) is 9.59 Å². The second kappa shape index (κ2) is 42.3. The third-order valence-electron chi connectivity index (χ3n) is 20.2. The highest BCUT2D eigenvalue weighted by Gasteiger charge is 2.50. The summed E-state index contributed by atoms with van der Waals surface area (Å²) in [5, 5.41) is 29.0. The molecule has 0 saturated carbocycles. The summed E-state index contributed by atoms with van der Waals surface area (Å²) in [6, 6.07) is 24.4. The van der Waals surface area contributed by atoms with Gasteiger partial charge in [-0.05, 0) is 143 Å². The molecular weight excluding hydrogens is 1520 g/mol. The predicted octanol–water partition coefficient (Wildman–Crippen LogP) is 10.4. The van der Waals surface area contributed by atoms with Gasteiger partial charge in [0, 0.05) is 89.4 Å². The Balaban J connectivity index is 0.000000291. The van der Waals surface area contributed by atoms with E-state index < -0.39 is 101 Å². The summed E-state index contributed by atoms with van der Waals surface area (Å²) < 4.78 is 48.4. The van der Waals surface area contributed by atoms with Crippen molar-refractivity contribution in [2.75, 3.05) is 47.9 Å². The molecule has 0 radical (unpaired) electrons. The topological polar surface area (TPSA) is 340 Å². The smallest absolute Gasteiger partial charge is 0.347 e. The normalized spacial score (nSPS) is 24.1. The van der Waals surface area contributed by atoms with Gasteiger partial charge in [0.25, 0.3) is 0 Å². The number of carboxylic acid groups (broad SMARTS) is 1. The molecule has 12 atom stereocenters. The first kappa shape index (κ1) is 90.8. The van der Waals surface area contributed by atoms with Gasteiger partial charge >= 0.3 is 29.8 Å². The van der Waals surface area contributed by atoms with Gasteiger partial charge in [0.05, 0.1) is 59.5 Å². The quantitative estimate of drug-likeness (QED) is 0.0141. The Kier molecular flexibility index (Phi) is 33.4. The number of benzene rings is 4. The SMILES string of the molecule is C#CCN(C)Cc1ccc([C@H]2O[C@@H]2[C@@H](C)[C@@H]2C/C=C/C(=O)N[C@H](Cc3ccc(OC)c(Cl)c3)C(=O)NCC(C)(C)C(=O)O[C@@H](CC(C)C)C(=O)O2)cc1.COc1ccc(C[C@H]2NC(=O)/C=C/C[C@@H]([C@H](C)[C@H]3O[C@@H]3c3ccc(CN(C)Cc4cn(CCCC(=O)O)nn4)cc3)OC(=O)[C@H](CC(C)C)OC(=O)C(C)(C)CNC2=O)cc1Cl. The fourth-order valence-corrected chi connectivity index (χ4v) is 13.9. The lowest BCUT2D eigenvalue weighted by atomic mass is 9.92. The molecule has 1 aromatic heterocycles. The third-order valence-corrected chi connectivity index (χ3v) is 20.8. The van der Waals surface area contributed by atoms with Crippen molar-refractivity contribution in [2.24, 2.45) is 34.5 Å². The molecule has 9 rings (SSSR count). The number of rotatable bonds is 27. The molecule has 4 aromatic carbocycles. The summed E-state index contributed by atoms with van der Waals surface area (Å²) in [6.45, 7) is 20.7. The number of amides is 4. The van der Waals surface area contributed by atoms with Crippen molar-refractivity contribution >= 4 is 76.7 Å². The second-order valence-corrected chi connectivity index (χ2v) is 33.0. The van der Waals surface area contributed by atoms with E-state index >= 15 is 0 Å². The number of ether oxygens (including phenoxy) is 8. The Morgan fingerprint density at radius 3 is 1.43 bits per heavy atom. The number of epoxide rings is 2. The van der Waals surface area contributed by atoms with Gasteiger partial charge < -0.3 is 64.3 Å². The summed E-state index contributed by atoms with van der Waals surface area (Å²) in [5.41, 5.74) is 3.85. The molecule has 0 aliphatic carbocycles. The summed E-state index contributed by atoms with van der Waals surface area (Å²) in [7, 11) is 6.95. The van der Waals surface area contributed by atoms with Crippen molar-refractivity contribution in [3.05, 3.63) is 165 Å². The van der Waals surface area contributed by atoms with Crippen LogP contribution in [0.3, 0.4) is 0 Å². The second-order valence-electron chi connectivity index (χ2n) is 32.2. The Bertz CT molecular complexity index is 4290. The highest BCUT2D eigenvalue weighted by molar-refractivity contribution is 6.32. The zero-order valence-corrected chi connectivity index (χ0v) is 69.6. The van der Waals surface area contributed by atoms with Gasteiger partial charge in [-0.15, -0.1) is 11.5 Å². The van der Waals surface area contributed by atoms with Gasteiger partial charge in [0.2, 0.25) is 23.6 Å². The highest BCUT2D eigenvalue weighted by atomic mass is 35.5. The standard InChI is InChI=1S/C45H59ClN6O10.C41H52ClN3O8/c1-27(2)20-37-43(57)60-35(10-8-11-38(53)48-34(22-30-15-18-36(59-7)33(46)21-30)42(56)47-26-45(4,5)44(58)61-37)28(3)40-41(62-40)31-16-13-29(14-17-31)23-51(6)24-32-25-52(50-49-32)19-9-12-39(54)55;1-9-19-45(7)23-27-13-16-29(17-14-27)37-36(53-37)26(4)32-11-10-12-35(46)44-31(22-28-15-18-33(50-8)30(42)21-28)38(47)43-24-41(5,6)40(49)52-34(20-25(2)3)39(48)51-32/h8,11,13-18,21,25,27-28,34-35,37,40-41H,9-10,12,19-20,22-24,26H2,1-7H3,(H,47,56)(H,48,53)(H,54,55);1,10,12-18,21,25-26,31-32,34,36-37H,11,19-20,22-24H2,2-8H3,(H,43,47)(H,44,46)/b11-8+;12-10+/t28-,34+,35-,37-,40+,41+;26-,31+,32-,34-,36+,37+/m00/s1. The molecule has 2 saturated heterocycles. The van der Waals surface area contributed by atoms with Gasteiger partial charge in [-0.1, -0.05) is 149 Å². The molecule has 4 aliphatic rings. The first-order chi connectivity index (χ1) is 54.5. The fraction of sp³-hybridized carbons (Fsp3) is 0.523. The number of halogens is 2. The molecule has 0 spiro atoms. The zero-order chi connectivity index (χ0) is 84.0. The van der Waals surface area contributed by atoms with Crippen LogP contribution in [0.25, 0.3) is 0 Å². The lowest BCUT2D eigenvalue weighted by molar-refractivity contribution is -0.179. The van der Waals surface area contributed by atoms with E-state index in [0.29, 0.717) is 71.8 Å². The number of terminal acetylenes is 1. The number of hydrogen-bond donors (Lipinski definition) is 5. The lowest BCUT2D eigenvalue weighted by Crippen LogP contribution is -2.51. The maximum absolute atomic E-state index is 13.8. The molecule has 0 bridgehead atoms. The van der Waals surface area contributed by atoms with Gasteiger partial charge in [0.1, 0.15) is 48.0 Å². The molecule has 622 valence electrons. The van der Waals surface area contributed by atoms with Crippen LogP contribution in [0.2, 0.25) is 10.0 Å². The number of nitrogens with zero attached hydrogens (tertiary/aromatic N) is 5. The van der Waals surface area contributed by atoms with Crippen LogP contribution >= 0.6 is 23.2 Å². The minimum absolute atomic E-state index is 0.00548. The van der Waals surface area contributed by atoms with E-state index in [0.717, 1.165) is 27.9 Å². The van der Waals surface area contributed by atoms with E-state index in [-0.39, 0.29) is 106 Å². The number of aryl methyl sites for hydroxylation is 1. The molecule has 5 N–H and O–H groups in total. The molecule has 0 unspecified atom stereocenters. The molecular formula is C86H111Cl2N9O18. The number of cyclic esters (lactones) is 4. The molecule has 29 heteroatoms. The molecule has 2 fully saturated rings. The number of carboxylic acids is 1. The number of hydrogen-bond acceptors (Lipinski definition) is 21. The average Bonchev–Trinajstić information content (AvgIpc) is 1.63. The Morgan fingerprint density at radius 2 is 1.03 bits per heavy atom. The van der Waals surface area contributed by atoms with Crippen molar-refractivity contribution in [1.82, 2.24) is 46.1 Å². The summed E-state index contributed by atoms with van der Waals surface area (Å²) in [6.07, 6.45) is 9.84. The minimum atomic E-state index is -1.24. The molecule has 4 amide bonds. The van der Waals surface area contributed by atoms with E-state index in [4.69, 9.17) is 72.6 Å². The van der Waals surface area contributed by atoms with Crippen molar-refractivity contribution in [2.45, 2.75) is 208 Å². The van der Waals surface area contributed by atoms with E-state index in [1.54, 1.807) is 80.9 Å². The number of carbonyl (C=O) groups is 9. The van der Waals surface area contributed by atoms with Crippen molar-refractivity contribution < 1.29 is 86.2 Å². The minimum Gasteiger partial charge on any atom is -0.495 e. The summed E-state index contributed by atoms with van der Waals surface area (Å²) >= 11 is 12.7. The van der Waals surface area contributed by atoms with E-state index in [9.17, 15) is 43.2 Å². The monoisotopic (exact) mass is 1630 g/mol. The zero-order valence-electron chi connectivity index (χ0n) is 68.1. The highest BCUT2D eigenvalue weighted by Crippen LogP contribution is 2.47. The van der Waals surface area contributed by atoms with Crippen molar-refractivity contribution in [3.8, 4) is 23.8 Å². The number of esters is 4. The van der Waals surface area contributed by atoms with Gasteiger partial charge in [-0.3, -0.25) is 48.0 Å². The number of aromatic nitrogens is 3. The number of aliphatic carboxylic acids is 1. The lowest BCUT2D eigenvalue weighted by Gasteiger charge is -2.29. The first-order valence-corrected chi connectivity index (χ1v) is 39.7. The average molecular weight is 1630 g/mol. The summed E-state index contributed by atoms with van der Waals surface area (Å²) in [5.74, 6) is -2.66. The molecule has 27 nitrogen and oxygen atoms in total. The van der Waals surface area contributed by atoms with Crippen LogP contribution in [0.5, 0.6) is 11.5 Å². The van der Waals surface area contributed by atoms with Crippen LogP contribution in [0.1, 0.15) is 159 Å². The van der Waals surface area contributed by atoms with Crippen LogP contribution in [0, 0.1) is 46.8 Å². The Morgan fingerprint density at radius 1 is 0.617 bits per heavy atom. The van der Waals surface area contributed by atoms with E-state index in [2.05, 4.69) is 42.4 Å². The molecule has 115 heavy (non-hydrogen) atoms. The summed E-state index contributed by atoms with van der Waals surface area (Å²) in [4.78, 5) is 123. The van der Waals surface area contributed by atoms with Crippen LogP contribution in [0.4, 0.5) is 0 Å². The molecule has 5 heterocycles. The van der Waals surface area contributed by atoms with Crippen molar-refractivity contribution in [1.29, 1.82) is 0 Å².